The second-order valence-corrected chi connectivity index (χ2v) is 7.92. The standard InChI is InChI=1S/C18H23N5O3S/c1-26-16-8-7-15(23(24)25)11-13(16)12-27-18-20-19-17(22(18)14-5-6-14)21-9-3-2-4-10-21/h7-8,11,14H,2-6,9-10,12H2,1H3. The first-order chi connectivity index (χ1) is 13.2. The zero-order valence-electron chi connectivity index (χ0n) is 15.3. The number of thioether (sulfide) groups is 1. The van der Waals surface area contributed by atoms with Crippen LogP contribution >= 0.6 is 11.8 Å². The maximum Gasteiger partial charge on any atom is 0.270 e. The van der Waals surface area contributed by atoms with Crippen molar-refractivity contribution in [1.82, 2.24) is 14.8 Å². The van der Waals surface area contributed by atoms with Gasteiger partial charge in [0.25, 0.3) is 5.69 Å². The van der Waals surface area contributed by atoms with E-state index in [1.807, 2.05) is 0 Å². The molecule has 0 radical (unpaired) electrons. The smallest absolute Gasteiger partial charge is 0.270 e. The molecular formula is C18H23N5O3S. The molecule has 9 heteroatoms. The van der Waals surface area contributed by atoms with E-state index in [1.54, 1.807) is 31.0 Å². The monoisotopic (exact) mass is 389 g/mol. The molecule has 27 heavy (non-hydrogen) atoms. The van der Waals surface area contributed by atoms with Crippen molar-refractivity contribution < 1.29 is 9.66 Å². The number of nitro groups is 1. The molecule has 0 N–H and O–H groups in total. The molecule has 1 aromatic carbocycles. The molecule has 0 amide bonds. The minimum atomic E-state index is -0.380. The number of benzene rings is 1. The summed E-state index contributed by atoms with van der Waals surface area (Å²) in [5.74, 6) is 2.18. The molecule has 1 aromatic heterocycles. The zero-order valence-corrected chi connectivity index (χ0v) is 16.2. The van der Waals surface area contributed by atoms with Gasteiger partial charge in [-0.2, -0.15) is 0 Å². The van der Waals surface area contributed by atoms with Crippen molar-refractivity contribution in [3.63, 3.8) is 0 Å². The predicted octanol–water partition coefficient (Wildman–Crippen LogP) is 3.81. The molecule has 1 saturated heterocycles. The first-order valence-electron chi connectivity index (χ1n) is 9.31. The molecule has 0 bridgehead atoms. The Morgan fingerprint density at radius 1 is 1.26 bits per heavy atom. The van der Waals surface area contributed by atoms with Gasteiger partial charge in [-0.1, -0.05) is 11.8 Å². The normalized spacial score (nSPS) is 17.1. The van der Waals surface area contributed by atoms with Gasteiger partial charge in [0.1, 0.15) is 5.75 Å². The highest BCUT2D eigenvalue weighted by Gasteiger charge is 2.32. The van der Waals surface area contributed by atoms with Gasteiger partial charge in [0, 0.05) is 42.6 Å². The van der Waals surface area contributed by atoms with Crippen LogP contribution in [0.2, 0.25) is 0 Å². The molecule has 1 aliphatic carbocycles. The van der Waals surface area contributed by atoms with Crippen LogP contribution in [0.5, 0.6) is 5.75 Å². The summed E-state index contributed by atoms with van der Waals surface area (Å²) in [6, 6.07) is 5.17. The molecule has 2 aromatic rings. The summed E-state index contributed by atoms with van der Waals surface area (Å²) in [4.78, 5) is 13.0. The van der Waals surface area contributed by atoms with E-state index in [-0.39, 0.29) is 10.6 Å². The molecule has 0 spiro atoms. The van der Waals surface area contributed by atoms with Crippen LogP contribution in [0.1, 0.15) is 43.7 Å². The van der Waals surface area contributed by atoms with Crippen molar-refractivity contribution in [2.45, 2.75) is 49.1 Å². The molecule has 0 unspecified atom stereocenters. The van der Waals surface area contributed by atoms with Crippen LogP contribution in [-0.2, 0) is 5.75 Å². The highest BCUT2D eigenvalue weighted by molar-refractivity contribution is 7.98. The number of nitrogens with zero attached hydrogens (tertiary/aromatic N) is 5. The van der Waals surface area contributed by atoms with E-state index in [2.05, 4.69) is 19.7 Å². The van der Waals surface area contributed by atoms with Crippen molar-refractivity contribution in [2.75, 3.05) is 25.1 Å². The quantitative estimate of drug-likeness (QED) is 0.404. The Hall–Kier alpha value is -2.29. The van der Waals surface area contributed by atoms with Gasteiger partial charge in [-0.25, -0.2) is 0 Å². The molecule has 2 fully saturated rings. The lowest BCUT2D eigenvalue weighted by atomic mass is 10.1. The average Bonchev–Trinajstić information content (AvgIpc) is 3.45. The Kier molecular flexibility index (Phi) is 5.20. The van der Waals surface area contributed by atoms with Gasteiger partial charge in [0.15, 0.2) is 5.16 Å². The molecular weight excluding hydrogens is 366 g/mol. The lowest BCUT2D eigenvalue weighted by Gasteiger charge is -2.27. The summed E-state index contributed by atoms with van der Waals surface area (Å²) in [7, 11) is 1.58. The second-order valence-electron chi connectivity index (χ2n) is 6.97. The lowest BCUT2D eigenvalue weighted by Crippen LogP contribution is -2.31. The lowest BCUT2D eigenvalue weighted by molar-refractivity contribution is -0.384. The zero-order chi connectivity index (χ0) is 18.8. The average molecular weight is 389 g/mol. The van der Waals surface area contributed by atoms with Crippen LogP contribution in [0.4, 0.5) is 11.6 Å². The molecule has 144 valence electrons. The van der Waals surface area contributed by atoms with Crippen molar-refractivity contribution in [1.29, 1.82) is 0 Å². The number of aromatic nitrogens is 3. The molecule has 1 saturated carbocycles. The first kappa shape index (κ1) is 18.1. The topological polar surface area (TPSA) is 86.3 Å². The maximum atomic E-state index is 11.1. The minimum Gasteiger partial charge on any atom is -0.496 e. The Morgan fingerprint density at radius 3 is 2.70 bits per heavy atom. The van der Waals surface area contributed by atoms with E-state index in [4.69, 9.17) is 4.74 Å². The SMILES string of the molecule is COc1ccc([N+](=O)[O-])cc1CSc1nnc(N2CCCCC2)n1C1CC1. The number of methoxy groups -OCH3 is 1. The first-order valence-corrected chi connectivity index (χ1v) is 10.3. The molecule has 2 heterocycles. The van der Waals surface area contributed by atoms with Gasteiger partial charge >= 0.3 is 0 Å². The number of ether oxygens (including phenoxy) is 1. The van der Waals surface area contributed by atoms with E-state index in [0.717, 1.165) is 42.6 Å². The molecule has 0 atom stereocenters. The van der Waals surface area contributed by atoms with Gasteiger partial charge in [0.2, 0.25) is 5.95 Å². The van der Waals surface area contributed by atoms with Crippen molar-refractivity contribution in [3.05, 3.63) is 33.9 Å². The van der Waals surface area contributed by atoms with Gasteiger partial charge in [-0.05, 0) is 38.2 Å². The molecule has 8 nitrogen and oxygen atoms in total. The Bertz CT molecular complexity index is 830. The number of hydrogen-bond acceptors (Lipinski definition) is 7. The number of anilines is 1. The van der Waals surface area contributed by atoms with Gasteiger partial charge < -0.3 is 9.64 Å². The third-order valence-corrected chi connectivity index (χ3v) is 6.02. The Labute approximate surface area is 162 Å². The Morgan fingerprint density at radius 2 is 2.04 bits per heavy atom. The number of nitro benzene ring substituents is 1. The highest BCUT2D eigenvalue weighted by atomic mass is 32.2. The highest BCUT2D eigenvalue weighted by Crippen LogP contribution is 2.42. The third-order valence-electron chi connectivity index (χ3n) is 5.03. The summed E-state index contributed by atoms with van der Waals surface area (Å²) >= 11 is 1.56. The Balaban J connectivity index is 1.56. The number of rotatable bonds is 7. The van der Waals surface area contributed by atoms with Crippen molar-refractivity contribution in [3.8, 4) is 5.75 Å². The van der Waals surface area contributed by atoms with Crippen molar-refractivity contribution >= 4 is 23.4 Å². The van der Waals surface area contributed by atoms with E-state index in [9.17, 15) is 10.1 Å². The molecule has 1 aliphatic heterocycles. The summed E-state index contributed by atoms with van der Waals surface area (Å²) in [6.07, 6.45) is 6.00. The summed E-state index contributed by atoms with van der Waals surface area (Å²) in [5, 5.41) is 20.9. The maximum absolute atomic E-state index is 11.1. The fraction of sp³-hybridized carbons (Fsp3) is 0.556. The molecule has 2 aliphatic rings. The minimum absolute atomic E-state index is 0.0732. The second kappa shape index (κ2) is 7.75. The van der Waals surface area contributed by atoms with E-state index in [0.29, 0.717) is 17.5 Å². The summed E-state index contributed by atoms with van der Waals surface area (Å²) in [6.45, 7) is 2.07. The summed E-state index contributed by atoms with van der Waals surface area (Å²) < 4.78 is 7.64. The van der Waals surface area contributed by atoms with Gasteiger partial charge in [0.05, 0.1) is 12.0 Å². The van der Waals surface area contributed by atoms with Crippen LogP contribution in [-0.4, -0.2) is 39.9 Å². The van der Waals surface area contributed by atoms with Crippen LogP contribution in [0.15, 0.2) is 23.4 Å². The van der Waals surface area contributed by atoms with E-state index >= 15 is 0 Å². The van der Waals surface area contributed by atoms with Crippen LogP contribution < -0.4 is 9.64 Å². The van der Waals surface area contributed by atoms with Gasteiger partial charge in [-0.15, -0.1) is 10.2 Å². The number of hydrogen-bond donors (Lipinski definition) is 0. The number of piperidine rings is 1. The van der Waals surface area contributed by atoms with E-state index < -0.39 is 0 Å². The van der Waals surface area contributed by atoms with E-state index in [1.165, 1.54) is 25.3 Å². The third kappa shape index (κ3) is 3.87. The fourth-order valence-electron chi connectivity index (χ4n) is 3.46. The van der Waals surface area contributed by atoms with Crippen LogP contribution in [0.3, 0.4) is 0 Å². The summed E-state index contributed by atoms with van der Waals surface area (Å²) in [5.41, 5.74) is 0.866. The van der Waals surface area contributed by atoms with Gasteiger partial charge in [-0.3, -0.25) is 14.7 Å². The predicted molar refractivity (Wildman–Crippen MR) is 104 cm³/mol. The van der Waals surface area contributed by atoms with Crippen LogP contribution in [0, 0.1) is 10.1 Å². The van der Waals surface area contributed by atoms with Crippen LogP contribution in [0.25, 0.3) is 0 Å². The molecule has 4 rings (SSSR count). The number of non-ortho nitro benzene ring substituents is 1. The largest absolute Gasteiger partial charge is 0.496 e. The van der Waals surface area contributed by atoms with Crippen molar-refractivity contribution in [2.24, 2.45) is 0 Å². The fourth-order valence-corrected chi connectivity index (χ4v) is 4.44.